The van der Waals surface area contributed by atoms with E-state index in [4.69, 9.17) is 17.4 Å². The Hall–Kier alpha value is 0.530. The van der Waals surface area contributed by atoms with Crippen LogP contribution in [0.15, 0.2) is 0 Å². The van der Waals surface area contributed by atoms with E-state index in [1.54, 1.807) is 0 Å². The van der Waals surface area contributed by atoms with Gasteiger partial charge in [0.15, 0.2) is 0 Å². The molecule has 0 saturated heterocycles. The molecule has 148 valence electrons. The van der Waals surface area contributed by atoms with E-state index in [9.17, 15) is 0 Å². The third-order valence-corrected chi connectivity index (χ3v) is 18.0. The Balaban J connectivity index is 7.18. The van der Waals surface area contributed by atoms with Gasteiger partial charge in [0.05, 0.1) is 6.10 Å². The van der Waals surface area contributed by atoms with Gasteiger partial charge >= 0.3 is 0 Å². The van der Waals surface area contributed by atoms with Crippen LogP contribution in [-0.2, 0) is 4.74 Å². The van der Waals surface area contributed by atoms with Gasteiger partial charge in [0.25, 0.3) is 0 Å². The first-order chi connectivity index (χ1) is 11.1. The van der Waals surface area contributed by atoms with Crippen LogP contribution in [-0.4, -0.2) is 31.5 Å². The van der Waals surface area contributed by atoms with E-state index in [0.29, 0.717) is 21.0 Å². The predicted molar refractivity (Wildman–Crippen MR) is 121 cm³/mol. The van der Waals surface area contributed by atoms with Gasteiger partial charge in [-0.25, -0.2) is 8.75 Å². The molecule has 0 aromatic heterocycles. The predicted octanol–water partition coefficient (Wildman–Crippen LogP) is 7.35. The normalized spacial score (nSPS) is 20.5. The molecule has 0 bridgehead atoms. The standard InChI is InChI=1S/C21H46OS2/c1-11-16(6)22-21(23)24(17(7)12-2,18(8)13-3,19(9)14-4)20(10)15-5/h16-20,23H,11-15H2,1-10H3. The third kappa shape index (κ3) is 3.51. The summed E-state index contributed by atoms with van der Waals surface area (Å²) in [6.45, 7) is 23.8. The zero-order valence-corrected chi connectivity index (χ0v) is 19.9. The molecule has 0 saturated carbocycles. The first-order valence-corrected chi connectivity index (χ1v) is 13.0. The smallest absolute Gasteiger partial charge is 0.117 e. The lowest BCUT2D eigenvalue weighted by Gasteiger charge is -2.67. The van der Waals surface area contributed by atoms with Crippen molar-refractivity contribution < 1.29 is 4.74 Å². The van der Waals surface area contributed by atoms with E-state index in [-0.39, 0.29) is 6.10 Å². The molecule has 0 radical (unpaired) electrons. The van der Waals surface area contributed by atoms with E-state index in [1.165, 1.54) is 25.7 Å². The van der Waals surface area contributed by atoms with Crippen molar-refractivity contribution in [1.82, 2.24) is 0 Å². The molecular formula is C21H46OS2. The van der Waals surface area contributed by atoms with Gasteiger partial charge in [0.1, 0.15) is 4.38 Å². The lowest BCUT2D eigenvalue weighted by Crippen LogP contribution is -2.48. The minimum absolute atomic E-state index is 0.245. The molecule has 5 unspecified atom stereocenters. The summed E-state index contributed by atoms with van der Waals surface area (Å²) in [5.41, 5.74) is 0. The van der Waals surface area contributed by atoms with Gasteiger partial charge in [-0.05, 0) is 60.0 Å². The van der Waals surface area contributed by atoms with Crippen molar-refractivity contribution in [2.45, 2.75) is 128 Å². The quantitative estimate of drug-likeness (QED) is 0.309. The largest absolute Gasteiger partial charge is 0.333 e. The van der Waals surface area contributed by atoms with Gasteiger partial charge in [-0.15, -0.1) is 12.6 Å². The van der Waals surface area contributed by atoms with Crippen LogP contribution >= 0.6 is 21.4 Å². The molecule has 0 spiro atoms. The maximum Gasteiger partial charge on any atom is 0.117 e. The summed E-state index contributed by atoms with van der Waals surface area (Å²) >= 11 is 5.21. The van der Waals surface area contributed by atoms with Crippen molar-refractivity contribution >= 4 is 25.8 Å². The molecule has 0 fully saturated rings. The summed E-state index contributed by atoms with van der Waals surface area (Å²) in [6, 6.07) is 0. The fourth-order valence-corrected chi connectivity index (χ4v) is 16.8. The molecular weight excluding hydrogens is 332 g/mol. The monoisotopic (exact) mass is 378 g/mol. The molecule has 24 heavy (non-hydrogen) atoms. The Labute approximate surface area is 159 Å². The van der Waals surface area contributed by atoms with E-state index < -0.39 is 8.75 Å². The Morgan fingerprint density at radius 3 is 1.17 bits per heavy atom. The molecule has 5 atom stereocenters. The van der Waals surface area contributed by atoms with Crippen molar-refractivity contribution in [1.29, 1.82) is 0 Å². The number of hydrogen-bond donors (Lipinski definition) is 1. The number of ether oxygens (including phenoxy) is 1. The van der Waals surface area contributed by atoms with E-state index >= 15 is 0 Å². The summed E-state index contributed by atoms with van der Waals surface area (Å²) in [4.78, 5) is 0. The summed E-state index contributed by atoms with van der Waals surface area (Å²) in [6.07, 6.45) is 6.09. The molecule has 0 N–H and O–H groups in total. The average Bonchev–Trinajstić information content (AvgIpc) is 2.60. The van der Waals surface area contributed by atoms with Gasteiger partial charge < -0.3 is 4.74 Å². The highest BCUT2D eigenvalue weighted by Crippen LogP contribution is 2.77. The lowest BCUT2D eigenvalue weighted by atomic mass is 10.3. The van der Waals surface area contributed by atoms with Crippen LogP contribution in [0.25, 0.3) is 0 Å². The van der Waals surface area contributed by atoms with Crippen molar-refractivity contribution in [3.8, 4) is 0 Å². The van der Waals surface area contributed by atoms with Gasteiger partial charge in [0, 0.05) is 0 Å². The molecule has 0 aromatic carbocycles. The highest BCUT2D eigenvalue weighted by Gasteiger charge is 2.52. The molecule has 0 heterocycles. The number of thiol groups is 1. The third-order valence-electron chi connectivity index (χ3n) is 7.17. The van der Waals surface area contributed by atoms with Crippen LogP contribution in [0.1, 0.15) is 101 Å². The van der Waals surface area contributed by atoms with E-state index in [0.717, 1.165) is 10.8 Å². The minimum Gasteiger partial charge on any atom is -0.333 e. The molecule has 0 rings (SSSR count). The second-order valence-corrected chi connectivity index (χ2v) is 14.6. The highest BCUT2D eigenvalue weighted by atomic mass is 32.3. The SMILES string of the molecule is CCC(C)OC(S)=S(C(C)CC)(C(C)CC)(C(C)CC)C(C)CC. The van der Waals surface area contributed by atoms with Crippen LogP contribution in [0.3, 0.4) is 0 Å². The fourth-order valence-electron chi connectivity index (χ4n) is 4.92. The number of rotatable bonds is 10. The van der Waals surface area contributed by atoms with Gasteiger partial charge in [-0.2, -0.15) is 0 Å². The molecule has 1 nitrogen and oxygen atoms in total. The molecule has 3 heteroatoms. The van der Waals surface area contributed by atoms with E-state index in [1.807, 2.05) is 0 Å². The molecule has 0 aliphatic heterocycles. The summed E-state index contributed by atoms with van der Waals surface area (Å²) in [7, 11) is -2.06. The highest BCUT2D eigenvalue weighted by molar-refractivity contribution is 8.54. The van der Waals surface area contributed by atoms with Crippen molar-refractivity contribution in [3.63, 3.8) is 0 Å². The zero-order valence-electron chi connectivity index (χ0n) is 18.2. The second-order valence-electron chi connectivity index (χ2n) is 7.77. The Bertz CT molecular complexity index is 380. The maximum absolute atomic E-state index is 6.59. The van der Waals surface area contributed by atoms with Crippen LogP contribution in [0.4, 0.5) is 0 Å². The summed E-state index contributed by atoms with van der Waals surface area (Å²) < 4.78 is 7.71. The van der Waals surface area contributed by atoms with Crippen molar-refractivity contribution in [3.05, 3.63) is 0 Å². The lowest BCUT2D eigenvalue weighted by molar-refractivity contribution is 0.216. The average molecular weight is 379 g/mol. The van der Waals surface area contributed by atoms with E-state index in [2.05, 4.69) is 69.2 Å². The Kier molecular flexibility index (Phi) is 10.2. The first-order valence-electron chi connectivity index (χ1n) is 10.3. The van der Waals surface area contributed by atoms with Crippen LogP contribution in [0.5, 0.6) is 0 Å². The molecule has 0 amide bonds. The molecule has 0 aliphatic carbocycles. The second kappa shape index (κ2) is 10.0. The van der Waals surface area contributed by atoms with Gasteiger partial charge in [-0.3, -0.25) is 0 Å². The van der Waals surface area contributed by atoms with Crippen molar-refractivity contribution in [2.75, 3.05) is 0 Å². The van der Waals surface area contributed by atoms with Crippen LogP contribution in [0, 0.1) is 0 Å². The van der Waals surface area contributed by atoms with Crippen LogP contribution < -0.4 is 0 Å². The van der Waals surface area contributed by atoms with Crippen LogP contribution in [0.2, 0.25) is 0 Å². The summed E-state index contributed by atoms with van der Waals surface area (Å²) in [5, 5.41) is 2.55. The van der Waals surface area contributed by atoms with Gasteiger partial charge in [-0.1, -0.05) is 62.3 Å². The topological polar surface area (TPSA) is 9.23 Å². The molecule has 0 aromatic rings. The van der Waals surface area contributed by atoms with Gasteiger partial charge in [0.2, 0.25) is 0 Å². The first kappa shape index (κ1) is 24.5. The molecule has 0 aliphatic rings. The number of hydrogen-bond acceptors (Lipinski definition) is 1. The Morgan fingerprint density at radius 1 is 0.667 bits per heavy atom. The fraction of sp³-hybridized carbons (Fsp3) is 0.952. The summed E-state index contributed by atoms with van der Waals surface area (Å²) in [5.74, 6) is 0. The zero-order chi connectivity index (χ0) is 19.2. The maximum atomic E-state index is 6.59. The minimum atomic E-state index is -2.06. The van der Waals surface area contributed by atoms with Crippen molar-refractivity contribution in [2.24, 2.45) is 0 Å². The Morgan fingerprint density at radius 2 is 0.958 bits per heavy atom.